The molecular formula is C14H16N2O. The predicted molar refractivity (Wildman–Crippen MR) is 66.7 cm³/mol. The van der Waals surface area contributed by atoms with Crippen molar-refractivity contribution in [3.63, 3.8) is 0 Å². The van der Waals surface area contributed by atoms with Crippen molar-refractivity contribution in [3.8, 4) is 11.5 Å². The molecule has 88 valence electrons. The maximum absolute atomic E-state index is 5.39. The number of benzene rings is 1. The summed E-state index contributed by atoms with van der Waals surface area (Å²) < 4.78 is 5.39. The minimum Gasteiger partial charge on any atom is -0.444 e. The third kappa shape index (κ3) is 2.11. The van der Waals surface area contributed by atoms with Crippen molar-refractivity contribution in [2.24, 2.45) is 0 Å². The molecule has 3 heteroatoms. The summed E-state index contributed by atoms with van der Waals surface area (Å²) in [4.78, 5) is 4.33. The second kappa shape index (κ2) is 4.34. The largest absolute Gasteiger partial charge is 0.444 e. The zero-order chi connectivity index (χ0) is 11.7. The number of aromatic nitrogens is 1. The normalized spacial score (nSPS) is 19.7. The van der Waals surface area contributed by atoms with E-state index in [4.69, 9.17) is 4.42 Å². The van der Waals surface area contributed by atoms with Gasteiger partial charge in [-0.05, 0) is 44.0 Å². The molecule has 1 fully saturated rings. The Kier molecular flexibility index (Phi) is 2.69. The highest BCUT2D eigenvalue weighted by Crippen LogP contribution is 2.25. The second-order valence-electron chi connectivity index (χ2n) is 4.56. The molecule has 0 saturated carbocycles. The van der Waals surface area contributed by atoms with E-state index in [1.54, 1.807) is 6.26 Å². The van der Waals surface area contributed by atoms with Gasteiger partial charge < -0.3 is 9.73 Å². The van der Waals surface area contributed by atoms with Crippen LogP contribution in [0.2, 0.25) is 0 Å². The summed E-state index contributed by atoms with van der Waals surface area (Å²) in [7, 11) is 0. The molecule has 0 spiro atoms. The highest BCUT2D eigenvalue weighted by Gasteiger charge is 2.16. The number of hydrogen-bond donors (Lipinski definition) is 1. The van der Waals surface area contributed by atoms with Crippen molar-refractivity contribution in [3.05, 3.63) is 41.8 Å². The van der Waals surface area contributed by atoms with Crippen LogP contribution in [0.25, 0.3) is 11.5 Å². The summed E-state index contributed by atoms with van der Waals surface area (Å²) in [6, 6.07) is 9.02. The minimum atomic E-state index is 0.523. The Bertz CT molecular complexity index is 495. The Balaban J connectivity index is 1.84. The average Bonchev–Trinajstić information content (AvgIpc) is 3.00. The lowest BCUT2D eigenvalue weighted by atomic mass is 10.0. The first-order chi connectivity index (χ1) is 8.33. The molecule has 0 bridgehead atoms. The van der Waals surface area contributed by atoms with Crippen molar-refractivity contribution < 1.29 is 4.42 Å². The van der Waals surface area contributed by atoms with Crippen molar-refractivity contribution in [1.29, 1.82) is 0 Å². The summed E-state index contributed by atoms with van der Waals surface area (Å²) in [5, 5.41) is 3.50. The molecule has 3 nitrogen and oxygen atoms in total. The Labute approximate surface area is 101 Å². The molecule has 0 amide bonds. The molecule has 1 aromatic heterocycles. The molecule has 1 saturated heterocycles. The van der Waals surface area contributed by atoms with Gasteiger partial charge in [0.25, 0.3) is 0 Å². The van der Waals surface area contributed by atoms with Crippen LogP contribution in [0.15, 0.2) is 34.9 Å². The quantitative estimate of drug-likeness (QED) is 0.858. The summed E-state index contributed by atoms with van der Waals surface area (Å²) in [5.74, 6) is 0.702. The lowest BCUT2D eigenvalue weighted by molar-refractivity contribution is 0.573. The van der Waals surface area contributed by atoms with Crippen LogP contribution in [0.5, 0.6) is 0 Å². The van der Waals surface area contributed by atoms with Crippen molar-refractivity contribution in [2.75, 3.05) is 6.54 Å². The first-order valence-corrected chi connectivity index (χ1v) is 6.09. The van der Waals surface area contributed by atoms with Gasteiger partial charge in [0.2, 0.25) is 5.89 Å². The number of aryl methyl sites for hydroxylation is 1. The molecule has 1 atom stereocenters. The Morgan fingerprint density at radius 1 is 1.29 bits per heavy atom. The fourth-order valence-corrected chi connectivity index (χ4v) is 2.31. The smallest absolute Gasteiger partial charge is 0.226 e. The van der Waals surface area contributed by atoms with Crippen molar-refractivity contribution >= 4 is 0 Å². The number of rotatable bonds is 2. The molecule has 1 aromatic carbocycles. The van der Waals surface area contributed by atoms with E-state index >= 15 is 0 Å². The van der Waals surface area contributed by atoms with Crippen molar-refractivity contribution in [2.45, 2.75) is 25.8 Å². The van der Waals surface area contributed by atoms with Gasteiger partial charge in [0.05, 0.1) is 5.69 Å². The lowest BCUT2D eigenvalue weighted by Gasteiger charge is -2.10. The van der Waals surface area contributed by atoms with E-state index < -0.39 is 0 Å². The molecule has 17 heavy (non-hydrogen) atoms. The maximum atomic E-state index is 5.39. The van der Waals surface area contributed by atoms with E-state index in [-0.39, 0.29) is 0 Å². The number of hydrogen-bond acceptors (Lipinski definition) is 3. The van der Waals surface area contributed by atoms with Gasteiger partial charge in [-0.1, -0.05) is 12.1 Å². The topological polar surface area (TPSA) is 38.1 Å². The molecule has 0 aliphatic carbocycles. The van der Waals surface area contributed by atoms with Crippen LogP contribution in [-0.4, -0.2) is 11.5 Å². The second-order valence-corrected chi connectivity index (χ2v) is 4.56. The van der Waals surface area contributed by atoms with Crippen LogP contribution in [0.3, 0.4) is 0 Å². The van der Waals surface area contributed by atoms with E-state index in [0.717, 1.165) is 17.8 Å². The number of oxazole rings is 1. The van der Waals surface area contributed by atoms with Gasteiger partial charge in [-0.3, -0.25) is 0 Å². The molecule has 1 aliphatic rings. The van der Waals surface area contributed by atoms with Crippen LogP contribution in [0, 0.1) is 6.92 Å². The summed E-state index contributed by atoms with van der Waals surface area (Å²) in [6.07, 6.45) is 4.19. The summed E-state index contributed by atoms with van der Waals surface area (Å²) in [5.41, 5.74) is 3.32. The first-order valence-electron chi connectivity index (χ1n) is 6.09. The first kappa shape index (κ1) is 10.5. The molecular weight excluding hydrogens is 212 g/mol. The molecule has 1 aliphatic heterocycles. The Morgan fingerprint density at radius 2 is 2.12 bits per heavy atom. The Hall–Kier alpha value is -1.61. The van der Waals surface area contributed by atoms with Gasteiger partial charge in [-0.15, -0.1) is 0 Å². The maximum Gasteiger partial charge on any atom is 0.226 e. The van der Waals surface area contributed by atoms with Gasteiger partial charge in [-0.2, -0.15) is 0 Å². The fraction of sp³-hybridized carbons (Fsp3) is 0.357. The van der Waals surface area contributed by atoms with Gasteiger partial charge in [0.1, 0.15) is 6.26 Å². The fourth-order valence-electron chi connectivity index (χ4n) is 2.31. The molecule has 2 aromatic rings. The average molecular weight is 228 g/mol. The third-order valence-electron chi connectivity index (χ3n) is 3.24. The molecule has 2 heterocycles. The van der Waals surface area contributed by atoms with E-state index in [1.807, 2.05) is 6.92 Å². The SMILES string of the molecule is Cc1coc(-c2ccc(C3CCCN3)cc2)n1. The Morgan fingerprint density at radius 3 is 2.71 bits per heavy atom. The predicted octanol–water partition coefficient (Wildman–Crippen LogP) is 3.07. The molecule has 1 unspecified atom stereocenters. The summed E-state index contributed by atoms with van der Waals surface area (Å²) in [6.45, 7) is 3.06. The molecule has 3 rings (SSSR count). The third-order valence-corrected chi connectivity index (χ3v) is 3.24. The van der Waals surface area contributed by atoms with E-state index in [9.17, 15) is 0 Å². The lowest BCUT2D eigenvalue weighted by Crippen LogP contribution is -2.12. The monoisotopic (exact) mass is 228 g/mol. The van der Waals surface area contributed by atoms with Crippen LogP contribution >= 0.6 is 0 Å². The highest BCUT2D eigenvalue weighted by atomic mass is 16.3. The summed E-state index contributed by atoms with van der Waals surface area (Å²) >= 11 is 0. The van der Waals surface area contributed by atoms with Gasteiger partial charge >= 0.3 is 0 Å². The van der Waals surface area contributed by atoms with Crippen LogP contribution < -0.4 is 5.32 Å². The molecule has 0 radical (unpaired) electrons. The number of nitrogens with one attached hydrogen (secondary N) is 1. The van der Waals surface area contributed by atoms with E-state index in [2.05, 4.69) is 34.6 Å². The van der Waals surface area contributed by atoms with E-state index in [0.29, 0.717) is 11.9 Å². The van der Waals surface area contributed by atoms with Crippen molar-refractivity contribution in [1.82, 2.24) is 10.3 Å². The van der Waals surface area contributed by atoms with E-state index in [1.165, 1.54) is 18.4 Å². The zero-order valence-corrected chi connectivity index (χ0v) is 9.94. The van der Waals surface area contributed by atoms with Gasteiger partial charge in [0.15, 0.2) is 0 Å². The zero-order valence-electron chi connectivity index (χ0n) is 9.94. The van der Waals surface area contributed by atoms with Crippen LogP contribution in [0.4, 0.5) is 0 Å². The number of nitrogens with zero attached hydrogens (tertiary/aromatic N) is 1. The standard InChI is InChI=1S/C14H16N2O/c1-10-9-17-14(16-10)12-6-4-11(5-7-12)13-3-2-8-15-13/h4-7,9,13,15H,2-3,8H2,1H3. The van der Waals surface area contributed by atoms with Crippen LogP contribution in [0.1, 0.15) is 30.1 Å². The highest BCUT2D eigenvalue weighted by molar-refractivity contribution is 5.53. The molecule has 1 N–H and O–H groups in total. The minimum absolute atomic E-state index is 0.523. The van der Waals surface area contributed by atoms with Crippen LogP contribution in [-0.2, 0) is 0 Å². The van der Waals surface area contributed by atoms with Gasteiger partial charge in [-0.25, -0.2) is 4.98 Å². The van der Waals surface area contributed by atoms with Gasteiger partial charge in [0, 0.05) is 11.6 Å².